The van der Waals surface area contributed by atoms with Gasteiger partial charge >= 0.3 is 0 Å². The maximum Gasteiger partial charge on any atom is 0.184 e. The van der Waals surface area contributed by atoms with E-state index < -0.39 is 0 Å². The Morgan fingerprint density at radius 2 is 1.86 bits per heavy atom. The molecule has 2 aromatic carbocycles. The second-order valence-corrected chi connectivity index (χ2v) is 5.58. The number of nitrogens with one attached hydrogen (secondary N) is 1. The van der Waals surface area contributed by atoms with Crippen molar-refractivity contribution in [2.45, 2.75) is 6.61 Å². The first-order chi connectivity index (χ1) is 10.6. The fraction of sp³-hybridized carbons (Fsp3) is 0.0667. The molecule has 0 saturated heterocycles. The molecule has 0 aliphatic rings. The molecule has 4 nitrogen and oxygen atoms in total. The van der Waals surface area contributed by atoms with Crippen molar-refractivity contribution in [3.05, 3.63) is 63.6 Å². The smallest absolute Gasteiger partial charge is 0.184 e. The van der Waals surface area contributed by atoms with Gasteiger partial charge in [-0.25, -0.2) is 0 Å². The van der Waals surface area contributed by atoms with Crippen molar-refractivity contribution in [3.63, 3.8) is 0 Å². The van der Waals surface area contributed by atoms with Crippen LogP contribution in [0.4, 0.5) is 0 Å². The fourth-order valence-corrected chi connectivity index (χ4v) is 2.36. The van der Waals surface area contributed by atoms with E-state index in [1.165, 1.54) is 6.21 Å². The van der Waals surface area contributed by atoms with Crippen molar-refractivity contribution < 1.29 is 4.74 Å². The van der Waals surface area contributed by atoms with E-state index in [2.05, 4.69) is 22.7 Å². The van der Waals surface area contributed by atoms with Gasteiger partial charge in [0.1, 0.15) is 6.61 Å². The van der Waals surface area contributed by atoms with Crippen LogP contribution in [0.3, 0.4) is 0 Å². The Morgan fingerprint density at radius 3 is 2.45 bits per heavy atom. The lowest BCUT2D eigenvalue weighted by atomic mass is 10.2. The molecule has 0 aliphatic heterocycles. The van der Waals surface area contributed by atoms with Gasteiger partial charge in [0.15, 0.2) is 10.9 Å². The van der Waals surface area contributed by atoms with Crippen molar-refractivity contribution in [1.82, 2.24) is 5.43 Å². The summed E-state index contributed by atoms with van der Waals surface area (Å²) >= 11 is 17.0. The molecule has 22 heavy (non-hydrogen) atoms. The van der Waals surface area contributed by atoms with Crippen molar-refractivity contribution in [1.29, 1.82) is 0 Å². The first-order valence-electron chi connectivity index (χ1n) is 6.30. The summed E-state index contributed by atoms with van der Waals surface area (Å²) in [5.41, 5.74) is 9.45. The van der Waals surface area contributed by atoms with Gasteiger partial charge in [0, 0.05) is 0 Å². The highest BCUT2D eigenvalue weighted by Crippen LogP contribution is 2.34. The Balaban J connectivity index is 2.09. The molecule has 0 saturated carbocycles. The topological polar surface area (TPSA) is 59.6 Å². The molecule has 114 valence electrons. The van der Waals surface area contributed by atoms with E-state index in [1.807, 2.05) is 30.3 Å². The summed E-state index contributed by atoms with van der Waals surface area (Å²) in [6, 6.07) is 13.1. The minimum absolute atomic E-state index is 0.0799. The molecule has 0 bridgehead atoms. The van der Waals surface area contributed by atoms with Gasteiger partial charge in [-0.15, -0.1) is 0 Å². The molecular weight excluding hydrogens is 341 g/mol. The van der Waals surface area contributed by atoms with Gasteiger partial charge in [-0.05, 0) is 35.5 Å². The highest BCUT2D eigenvalue weighted by molar-refractivity contribution is 7.80. The van der Waals surface area contributed by atoms with Gasteiger partial charge < -0.3 is 10.5 Å². The summed E-state index contributed by atoms with van der Waals surface area (Å²) in [6.07, 6.45) is 1.51. The lowest BCUT2D eigenvalue weighted by Gasteiger charge is -2.10. The number of rotatable bonds is 5. The summed E-state index contributed by atoms with van der Waals surface area (Å²) in [5.74, 6) is 0.437. The lowest BCUT2D eigenvalue weighted by Crippen LogP contribution is -2.23. The Hall–Kier alpha value is -1.82. The fourth-order valence-electron chi connectivity index (χ4n) is 1.69. The minimum atomic E-state index is 0.0799. The Morgan fingerprint density at radius 1 is 1.23 bits per heavy atom. The van der Waals surface area contributed by atoms with Crippen molar-refractivity contribution in [2.24, 2.45) is 10.8 Å². The van der Waals surface area contributed by atoms with Gasteiger partial charge in [0.2, 0.25) is 0 Å². The van der Waals surface area contributed by atoms with Gasteiger partial charge in [0.05, 0.1) is 16.3 Å². The predicted octanol–water partition coefficient (Wildman–Crippen LogP) is 3.74. The summed E-state index contributed by atoms with van der Waals surface area (Å²) in [7, 11) is 0. The molecule has 0 spiro atoms. The monoisotopic (exact) mass is 353 g/mol. The van der Waals surface area contributed by atoms with Gasteiger partial charge in [0.25, 0.3) is 0 Å². The van der Waals surface area contributed by atoms with Crippen LogP contribution in [0.1, 0.15) is 11.1 Å². The van der Waals surface area contributed by atoms with Crippen LogP contribution in [0, 0.1) is 0 Å². The van der Waals surface area contributed by atoms with E-state index in [-0.39, 0.29) is 5.11 Å². The van der Waals surface area contributed by atoms with Crippen molar-refractivity contribution >= 4 is 46.7 Å². The second kappa shape index (κ2) is 7.98. The molecule has 0 fully saturated rings. The largest absolute Gasteiger partial charge is 0.486 e. The number of hydrogen-bond acceptors (Lipinski definition) is 3. The van der Waals surface area contributed by atoms with Crippen molar-refractivity contribution in [3.8, 4) is 5.75 Å². The van der Waals surface area contributed by atoms with Crippen LogP contribution in [-0.2, 0) is 6.61 Å². The zero-order valence-corrected chi connectivity index (χ0v) is 13.8. The van der Waals surface area contributed by atoms with Crippen molar-refractivity contribution in [2.75, 3.05) is 0 Å². The molecule has 3 N–H and O–H groups in total. The third-order valence-corrected chi connectivity index (χ3v) is 3.29. The molecule has 0 atom stereocenters. The normalized spacial score (nSPS) is 10.6. The number of nitrogens with zero attached hydrogens (tertiary/aromatic N) is 1. The van der Waals surface area contributed by atoms with E-state index in [1.54, 1.807) is 12.1 Å². The second-order valence-electron chi connectivity index (χ2n) is 4.32. The van der Waals surface area contributed by atoms with E-state index in [0.717, 1.165) is 5.56 Å². The number of benzene rings is 2. The highest BCUT2D eigenvalue weighted by Gasteiger charge is 2.09. The molecule has 2 aromatic rings. The number of hydrogen-bond donors (Lipinski definition) is 2. The highest BCUT2D eigenvalue weighted by atomic mass is 35.5. The molecule has 0 aliphatic carbocycles. The minimum Gasteiger partial charge on any atom is -0.486 e. The summed E-state index contributed by atoms with van der Waals surface area (Å²) in [4.78, 5) is 0. The number of thiocarbonyl (C=S) groups is 1. The third-order valence-electron chi connectivity index (χ3n) is 2.63. The summed E-state index contributed by atoms with van der Waals surface area (Å²) in [5, 5.41) is 4.73. The first kappa shape index (κ1) is 16.5. The molecule has 0 aromatic heterocycles. The van der Waals surface area contributed by atoms with Gasteiger partial charge in [-0.3, -0.25) is 5.43 Å². The molecule has 0 radical (unpaired) electrons. The molecule has 0 amide bonds. The number of hydrazone groups is 1. The number of ether oxygens (including phenoxy) is 1. The van der Waals surface area contributed by atoms with Crippen LogP contribution in [0.5, 0.6) is 5.75 Å². The predicted molar refractivity (Wildman–Crippen MR) is 94.8 cm³/mol. The maximum absolute atomic E-state index is 6.20. The molecule has 0 unspecified atom stereocenters. The van der Waals surface area contributed by atoms with Crippen LogP contribution >= 0.6 is 35.4 Å². The van der Waals surface area contributed by atoms with Crippen LogP contribution in [0.25, 0.3) is 0 Å². The van der Waals surface area contributed by atoms with E-state index in [9.17, 15) is 0 Å². The van der Waals surface area contributed by atoms with E-state index in [4.69, 9.17) is 33.7 Å². The van der Waals surface area contributed by atoms with E-state index in [0.29, 0.717) is 28.0 Å². The molecule has 7 heteroatoms. The quantitative estimate of drug-likeness (QED) is 0.488. The standard InChI is InChI=1S/C15H13Cl2N3OS/c16-12-6-11(8-19-20-15(18)22)7-13(17)14(12)21-9-10-4-2-1-3-5-10/h1-8H,9H2,(H3,18,20,22)/b19-8+. The zero-order chi connectivity index (χ0) is 15.9. The van der Waals surface area contributed by atoms with Crippen LogP contribution in [0.15, 0.2) is 47.6 Å². The average Bonchev–Trinajstić information content (AvgIpc) is 2.47. The van der Waals surface area contributed by atoms with Crippen LogP contribution in [0.2, 0.25) is 10.0 Å². The number of halogens is 2. The average molecular weight is 354 g/mol. The Bertz CT molecular complexity index is 669. The lowest BCUT2D eigenvalue weighted by molar-refractivity contribution is 0.306. The van der Waals surface area contributed by atoms with Gasteiger partial charge in [-0.1, -0.05) is 53.5 Å². The number of nitrogens with two attached hydrogens (primary N) is 1. The summed E-state index contributed by atoms with van der Waals surface area (Å²) in [6.45, 7) is 0.386. The van der Waals surface area contributed by atoms with Crippen LogP contribution < -0.4 is 15.9 Å². The molecule has 2 rings (SSSR count). The van der Waals surface area contributed by atoms with Crippen LogP contribution in [-0.4, -0.2) is 11.3 Å². The Labute approximate surface area is 143 Å². The zero-order valence-electron chi connectivity index (χ0n) is 11.4. The third kappa shape index (κ3) is 4.87. The van der Waals surface area contributed by atoms with E-state index >= 15 is 0 Å². The maximum atomic E-state index is 6.20. The van der Waals surface area contributed by atoms with Gasteiger partial charge in [-0.2, -0.15) is 5.10 Å². The summed E-state index contributed by atoms with van der Waals surface area (Å²) < 4.78 is 5.69. The molecular formula is C15H13Cl2N3OS. The molecule has 0 heterocycles. The Kier molecular flexibility index (Phi) is 6.00. The first-order valence-corrected chi connectivity index (χ1v) is 7.47. The SMILES string of the molecule is NC(=S)N/N=C/c1cc(Cl)c(OCc2ccccc2)c(Cl)c1.